The van der Waals surface area contributed by atoms with Crippen molar-refractivity contribution in [3.05, 3.63) is 60.2 Å². The molecule has 35 heavy (non-hydrogen) atoms. The molecule has 0 aliphatic rings. The van der Waals surface area contributed by atoms with E-state index in [1.54, 1.807) is 49.3 Å². The van der Waals surface area contributed by atoms with E-state index >= 15 is 0 Å². The first-order valence-electron chi connectivity index (χ1n) is 11.8. The molecule has 0 aromatic heterocycles. The van der Waals surface area contributed by atoms with Gasteiger partial charge in [-0.15, -0.1) is 0 Å². The number of amides is 2. The number of nitrogens with zero attached hydrogens (tertiary/aromatic N) is 2. The maximum Gasteiger partial charge on any atom is 0.242 e. The van der Waals surface area contributed by atoms with Crippen LogP contribution in [0.4, 0.5) is 0 Å². The van der Waals surface area contributed by atoms with E-state index in [0.29, 0.717) is 12.2 Å². The number of carbonyl (C=O) groups is 2. The van der Waals surface area contributed by atoms with E-state index in [9.17, 15) is 18.0 Å². The lowest BCUT2D eigenvalue weighted by Crippen LogP contribution is -2.49. The lowest BCUT2D eigenvalue weighted by atomic mass is 10.1. The van der Waals surface area contributed by atoms with Gasteiger partial charge in [0.25, 0.3) is 0 Å². The highest BCUT2D eigenvalue weighted by atomic mass is 32.2. The first kappa shape index (κ1) is 28.3. The molecular weight excluding hydrogens is 466 g/mol. The van der Waals surface area contributed by atoms with Crippen molar-refractivity contribution in [1.82, 2.24) is 14.5 Å². The molecule has 0 spiro atoms. The topological polar surface area (TPSA) is 96.0 Å². The summed E-state index contributed by atoms with van der Waals surface area (Å²) in [4.78, 5) is 27.8. The lowest BCUT2D eigenvalue weighted by molar-refractivity contribution is -0.141. The third-order valence-corrected chi connectivity index (χ3v) is 7.87. The molecule has 2 amide bonds. The number of benzene rings is 2. The maximum absolute atomic E-state index is 13.2. The molecule has 8 nitrogen and oxygen atoms in total. The van der Waals surface area contributed by atoms with Crippen molar-refractivity contribution in [2.45, 2.75) is 63.6 Å². The Balaban J connectivity index is 2.09. The molecule has 2 rings (SSSR count). The van der Waals surface area contributed by atoms with Gasteiger partial charge in [0.05, 0.1) is 12.0 Å². The summed E-state index contributed by atoms with van der Waals surface area (Å²) in [6, 6.07) is 14.9. The maximum atomic E-state index is 13.2. The van der Waals surface area contributed by atoms with E-state index in [1.807, 2.05) is 38.1 Å². The molecule has 0 unspecified atom stereocenters. The predicted molar refractivity (Wildman–Crippen MR) is 136 cm³/mol. The van der Waals surface area contributed by atoms with Crippen LogP contribution in [-0.2, 0) is 26.2 Å². The van der Waals surface area contributed by atoms with Crippen molar-refractivity contribution in [1.29, 1.82) is 0 Å². The molecule has 0 radical (unpaired) electrons. The molecule has 2 aromatic carbocycles. The Bertz CT molecular complexity index is 1060. The molecule has 0 saturated heterocycles. The third kappa shape index (κ3) is 8.07. The van der Waals surface area contributed by atoms with Gasteiger partial charge in [-0.2, -0.15) is 0 Å². The van der Waals surface area contributed by atoms with E-state index in [-0.39, 0.29) is 42.3 Å². The third-order valence-electron chi connectivity index (χ3n) is 6.00. The quantitative estimate of drug-likeness (QED) is 0.452. The minimum atomic E-state index is -3.63. The monoisotopic (exact) mass is 503 g/mol. The Morgan fingerprint density at radius 3 is 2.23 bits per heavy atom. The highest BCUT2D eigenvalue weighted by Crippen LogP contribution is 2.17. The van der Waals surface area contributed by atoms with Gasteiger partial charge in [-0.25, -0.2) is 12.7 Å². The highest BCUT2D eigenvalue weighted by molar-refractivity contribution is 7.89. The van der Waals surface area contributed by atoms with Crippen molar-refractivity contribution < 1.29 is 22.7 Å². The summed E-state index contributed by atoms with van der Waals surface area (Å²) in [6.07, 6.45) is 1.24. The van der Waals surface area contributed by atoms with Crippen molar-refractivity contribution in [2.24, 2.45) is 0 Å². The summed E-state index contributed by atoms with van der Waals surface area (Å²) in [5, 5.41) is 2.94. The Hall–Kier alpha value is -2.91. The molecule has 0 aliphatic carbocycles. The van der Waals surface area contributed by atoms with Crippen molar-refractivity contribution >= 4 is 21.8 Å². The summed E-state index contributed by atoms with van der Waals surface area (Å²) >= 11 is 0. The van der Waals surface area contributed by atoms with Gasteiger partial charge in [0, 0.05) is 32.6 Å². The van der Waals surface area contributed by atoms with E-state index in [1.165, 1.54) is 11.4 Å². The molecule has 0 bridgehead atoms. The van der Waals surface area contributed by atoms with Crippen molar-refractivity contribution in [3.8, 4) is 5.75 Å². The largest absolute Gasteiger partial charge is 0.497 e. The molecule has 192 valence electrons. The van der Waals surface area contributed by atoms with Gasteiger partial charge in [-0.3, -0.25) is 9.59 Å². The van der Waals surface area contributed by atoms with Crippen molar-refractivity contribution in [2.75, 3.05) is 20.7 Å². The van der Waals surface area contributed by atoms with Crippen LogP contribution in [0.2, 0.25) is 0 Å². The van der Waals surface area contributed by atoms with Gasteiger partial charge in [-0.05, 0) is 56.5 Å². The fourth-order valence-corrected chi connectivity index (χ4v) is 4.70. The average molecular weight is 504 g/mol. The zero-order valence-electron chi connectivity index (χ0n) is 21.2. The van der Waals surface area contributed by atoms with Gasteiger partial charge < -0.3 is 15.0 Å². The molecule has 1 N–H and O–H groups in total. The number of methoxy groups -OCH3 is 1. The van der Waals surface area contributed by atoms with E-state index in [0.717, 1.165) is 12.0 Å². The molecule has 0 aliphatic heterocycles. The predicted octanol–water partition coefficient (Wildman–Crippen LogP) is 3.43. The van der Waals surface area contributed by atoms with Gasteiger partial charge in [-0.1, -0.05) is 37.3 Å². The second kappa shape index (κ2) is 13.3. The van der Waals surface area contributed by atoms with Crippen LogP contribution in [0.15, 0.2) is 59.5 Å². The van der Waals surface area contributed by atoms with E-state index in [2.05, 4.69) is 5.32 Å². The van der Waals surface area contributed by atoms with Crippen LogP contribution in [0.1, 0.15) is 45.6 Å². The summed E-state index contributed by atoms with van der Waals surface area (Å²) in [5.41, 5.74) is 0.867. The second-order valence-electron chi connectivity index (χ2n) is 8.61. The Labute approximate surface area is 209 Å². The smallest absolute Gasteiger partial charge is 0.242 e. The van der Waals surface area contributed by atoms with Gasteiger partial charge in [0.1, 0.15) is 11.8 Å². The summed E-state index contributed by atoms with van der Waals surface area (Å²) < 4.78 is 31.9. The summed E-state index contributed by atoms with van der Waals surface area (Å²) in [5.74, 6) is 0.278. The highest BCUT2D eigenvalue weighted by Gasteiger charge is 2.27. The molecule has 9 heteroatoms. The van der Waals surface area contributed by atoms with Crippen LogP contribution in [0.25, 0.3) is 0 Å². The Kier molecular flexibility index (Phi) is 10.7. The van der Waals surface area contributed by atoms with E-state index in [4.69, 9.17) is 4.74 Å². The number of nitrogens with one attached hydrogen (secondary N) is 1. The summed E-state index contributed by atoms with van der Waals surface area (Å²) in [6.45, 7) is 6.06. The normalized spacial score (nSPS) is 13.2. The van der Waals surface area contributed by atoms with Gasteiger partial charge >= 0.3 is 0 Å². The van der Waals surface area contributed by atoms with Crippen LogP contribution in [-0.4, -0.2) is 62.2 Å². The lowest BCUT2D eigenvalue weighted by Gasteiger charge is -2.30. The Morgan fingerprint density at radius 1 is 1.03 bits per heavy atom. The molecule has 2 atom stereocenters. The number of sulfonamides is 1. The minimum absolute atomic E-state index is 0.000249. The molecule has 0 saturated carbocycles. The fourth-order valence-electron chi connectivity index (χ4n) is 3.46. The van der Waals surface area contributed by atoms with Crippen molar-refractivity contribution in [3.63, 3.8) is 0 Å². The first-order valence-corrected chi connectivity index (χ1v) is 13.3. The van der Waals surface area contributed by atoms with Crippen LogP contribution < -0.4 is 10.1 Å². The number of ether oxygens (including phenoxy) is 1. The molecule has 0 heterocycles. The molecule has 2 aromatic rings. The molecular formula is C26H37N3O5S. The van der Waals surface area contributed by atoms with Crippen LogP contribution in [0.5, 0.6) is 5.75 Å². The van der Waals surface area contributed by atoms with Crippen LogP contribution >= 0.6 is 0 Å². The number of rotatable bonds is 13. The van der Waals surface area contributed by atoms with Gasteiger partial charge in [0.15, 0.2) is 0 Å². The standard InChI is InChI=1S/C26H37N3O5S/c1-6-20(2)27-26(31)21(3)29(19-22-14-16-23(34-5)17-15-22)25(30)13-10-18-28(4)35(32,33)24-11-8-7-9-12-24/h7-9,11-12,14-17,20-21H,6,10,13,18-19H2,1-5H3,(H,27,31)/t20-,21+/m1/s1. The van der Waals surface area contributed by atoms with Crippen LogP contribution in [0.3, 0.4) is 0 Å². The fraction of sp³-hybridized carbons (Fsp3) is 0.462. The van der Waals surface area contributed by atoms with Crippen LogP contribution in [0, 0.1) is 0 Å². The SMILES string of the molecule is CC[C@@H](C)NC(=O)[C@H](C)N(Cc1ccc(OC)cc1)C(=O)CCCN(C)S(=O)(=O)c1ccccc1. The molecule has 0 fully saturated rings. The average Bonchev–Trinajstić information content (AvgIpc) is 2.87. The summed E-state index contributed by atoms with van der Waals surface area (Å²) in [7, 11) is -0.538. The first-order chi connectivity index (χ1) is 16.6. The zero-order chi connectivity index (χ0) is 26.0. The number of carbonyl (C=O) groups excluding carboxylic acids is 2. The minimum Gasteiger partial charge on any atom is -0.497 e. The van der Waals surface area contributed by atoms with E-state index < -0.39 is 16.1 Å². The van der Waals surface area contributed by atoms with Gasteiger partial charge in [0.2, 0.25) is 21.8 Å². The Morgan fingerprint density at radius 2 is 1.66 bits per heavy atom. The second-order valence-corrected chi connectivity index (χ2v) is 10.7. The number of hydrogen-bond donors (Lipinski definition) is 1. The zero-order valence-corrected chi connectivity index (χ0v) is 22.0. The number of hydrogen-bond acceptors (Lipinski definition) is 5.